The van der Waals surface area contributed by atoms with Gasteiger partial charge >= 0.3 is 0 Å². The highest BCUT2D eigenvalue weighted by Crippen LogP contribution is 2.17. The number of benzene rings is 2. The first kappa shape index (κ1) is 18.6. The Morgan fingerprint density at radius 2 is 1.85 bits per heavy atom. The SMILES string of the molecule is CCNC(=O)c1cccc(NC(=O)c2cccc(OCc3cscn3)c2)c1. The van der Waals surface area contributed by atoms with Crippen molar-refractivity contribution in [3.8, 4) is 5.75 Å². The number of thiazole rings is 1. The first-order valence-electron chi connectivity index (χ1n) is 8.45. The summed E-state index contributed by atoms with van der Waals surface area (Å²) in [5.74, 6) is 0.139. The lowest BCUT2D eigenvalue weighted by molar-refractivity contribution is 0.0954. The molecule has 138 valence electrons. The van der Waals surface area contributed by atoms with Gasteiger partial charge in [0.15, 0.2) is 0 Å². The Morgan fingerprint density at radius 3 is 2.59 bits per heavy atom. The summed E-state index contributed by atoms with van der Waals surface area (Å²) < 4.78 is 5.68. The maximum Gasteiger partial charge on any atom is 0.255 e. The zero-order valence-electron chi connectivity index (χ0n) is 14.8. The highest BCUT2D eigenvalue weighted by atomic mass is 32.1. The Hall–Kier alpha value is -3.19. The third-order valence-electron chi connectivity index (χ3n) is 3.69. The molecule has 0 aliphatic rings. The van der Waals surface area contributed by atoms with E-state index in [0.717, 1.165) is 5.69 Å². The third kappa shape index (κ3) is 5.15. The molecule has 0 aliphatic carbocycles. The normalized spacial score (nSPS) is 10.3. The van der Waals surface area contributed by atoms with Crippen LogP contribution in [0.1, 0.15) is 33.3 Å². The molecule has 27 heavy (non-hydrogen) atoms. The summed E-state index contributed by atoms with van der Waals surface area (Å²) in [7, 11) is 0. The number of amides is 2. The molecule has 0 unspecified atom stereocenters. The molecule has 2 amide bonds. The predicted octanol–water partition coefficient (Wildman–Crippen LogP) is 3.72. The van der Waals surface area contributed by atoms with Gasteiger partial charge < -0.3 is 15.4 Å². The average Bonchev–Trinajstić information content (AvgIpc) is 3.21. The first-order valence-corrected chi connectivity index (χ1v) is 9.39. The molecular formula is C20H19N3O3S. The lowest BCUT2D eigenvalue weighted by atomic mass is 10.1. The Morgan fingerprint density at radius 1 is 1.07 bits per heavy atom. The summed E-state index contributed by atoms with van der Waals surface area (Å²) in [6.45, 7) is 2.75. The van der Waals surface area contributed by atoms with E-state index in [2.05, 4.69) is 15.6 Å². The molecule has 0 fully saturated rings. The van der Waals surface area contributed by atoms with Gasteiger partial charge in [0.05, 0.1) is 11.2 Å². The van der Waals surface area contributed by atoms with Crippen molar-refractivity contribution in [2.45, 2.75) is 13.5 Å². The number of anilines is 1. The largest absolute Gasteiger partial charge is 0.487 e. The highest BCUT2D eigenvalue weighted by molar-refractivity contribution is 7.07. The van der Waals surface area contributed by atoms with Crippen LogP contribution in [0.5, 0.6) is 5.75 Å². The van der Waals surface area contributed by atoms with Crippen LogP contribution in [0.2, 0.25) is 0 Å². The van der Waals surface area contributed by atoms with Crippen LogP contribution in [0.25, 0.3) is 0 Å². The molecule has 2 aromatic carbocycles. The van der Waals surface area contributed by atoms with Crippen LogP contribution in [0.4, 0.5) is 5.69 Å². The van der Waals surface area contributed by atoms with Gasteiger partial charge in [0.2, 0.25) is 0 Å². The number of hydrogen-bond donors (Lipinski definition) is 2. The summed E-state index contributed by atoms with van der Waals surface area (Å²) in [4.78, 5) is 28.6. The minimum atomic E-state index is -0.276. The van der Waals surface area contributed by atoms with Crippen molar-refractivity contribution < 1.29 is 14.3 Å². The van der Waals surface area contributed by atoms with E-state index < -0.39 is 0 Å². The second-order valence-corrected chi connectivity index (χ2v) is 6.41. The van der Waals surface area contributed by atoms with E-state index in [1.165, 1.54) is 11.3 Å². The first-order chi connectivity index (χ1) is 13.2. The van der Waals surface area contributed by atoms with Gasteiger partial charge in [0.1, 0.15) is 12.4 Å². The van der Waals surface area contributed by atoms with Crippen molar-refractivity contribution in [3.63, 3.8) is 0 Å². The van der Waals surface area contributed by atoms with Crippen molar-refractivity contribution in [1.82, 2.24) is 10.3 Å². The van der Waals surface area contributed by atoms with Crippen molar-refractivity contribution in [2.24, 2.45) is 0 Å². The lowest BCUT2D eigenvalue weighted by Gasteiger charge is -2.09. The number of carbonyl (C=O) groups excluding carboxylic acids is 2. The van der Waals surface area contributed by atoms with Gasteiger partial charge in [-0.05, 0) is 43.3 Å². The van der Waals surface area contributed by atoms with E-state index in [0.29, 0.717) is 35.7 Å². The van der Waals surface area contributed by atoms with Crippen LogP contribution in [-0.4, -0.2) is 23.3 Å². The van der Waals surface area contributed by atoms with E-state index in [-0.39, 0.29) is 11.8 Å². The predicted molar refractivity (Wildman–Crippen MR) is 105 cm³/mol. The maximum atomic E-state index is 12.5. The van der Waals surface area contributed by atoms with Gasteiger partial charge in [0.25, 0.3) is 11.8 Å². The van der Waals surface area contributed by atoms with Crippen molar-refractivity contribution in [1.29, 1.82) is 0 Å². The standard InChI is InChI=1S/C20H19N3O3S/c1-2-21-19(24)14-5-3-7-16(9-14)23-20(25)15-6-4-8-18(10-15)26-11-17-12-27-13-22-17/h3-10,12-13H,2,11H2,1H3,(H,21,24)(H,23,25). The van der Waals surface area contributed by atoms with Crippen LogP contribution in [0.3, 0.4) is 0 Å². The fourth-order valence-electron chi connectivity index (χ4n) is 2.40. The van der Waals surface area contributed by atoms with Crippen LogP contribution in [-0.2, 0) is 6.61 Å². The molecule has 0 bridgehead atoms. The van der Waals surface area contributed by atoms with Gasteiger partial charge in [-0.1, -0.05) is 12.1 Å². The smallest absolute Gasteiger partial charge is 0.255 e. The fraction of sp³-hybridized carbons (Fsp3) is 0.150. The number of carbonyl (C=O) groups is 2. The molecule has 2 N–H and O–H groups in total. The zero-order valence-corrected chi connectivity index (χ0v) is 15.6. The Labute approximate surface area is 161 Å². The van der Waals surface area contributed by atoms with Crippen molar-refractivity contribution >= 4 is 28.8 Å². The van der Waals surface area contributed by atoms with Crippen molar-refractivity contribution in [3.05, 3.63) is 76.2 Å². The molecule has 3 rings (SSSR count). The van der Waals surface area contributed by atoms with E-state index in [1.807, 2.05) is 12.3 Å². The number of rotatable bonds is 7. The van der Waals surface area contributed by atoms with Crippen LogP contribution >= 0.6 is 11.3 Å². The minimum Gasteiger partial charge on any atom is -0.487 e. The lowest BCUT2D eigenvalue weighted by Crippen LogP contribution is -2.22. The van der Waals surface area contributed by atoms with E-state index >= 15 is 0 Å². The van der Waals surface area contributed by atoms with Crippen LogP contribution in [0, 0.1) is 0 Å². The highest BCUT2D eigenvalue weighted by Gasteiger charge is 2.10. The Bertz CT molecular complexity index is 926. The van der Waals surface area contributed by atoms with Crippen molar-refractivity contribution in [2.75, 3.05) is 11.9 Å². The minimum absolute atomic E-state index is 0.175. The van der Waals surface area contributed by atoms with Crippen LogP contribution < -0.4 is 15.4 Å². The second-order valence-electron chi connectivity index (χ2n) is 5.69. The van der Waals surface area contributed by atoms with E-state index in [9.17, 15) is 9.59 Å². The molecule has 0 atom stereocenters. The topological polar surface area (TPSA) is 80.3 Å². The number of hydrogen-bond acceptors (Lipinski definition) is 5. The van der Waals surface area contributed by atoms with E-state index in [4.69, 9.17) is 4.74 Å². The zero-order chi connectivity index (χ0) is 19.1. The molecule has 1 aromatic heterocycles. The Balaban J connectivity index is 1.66. The number of nitrogens with one attached hydrogen (secondary N) is 2. The molecule has 6 nitrogen and oxygen atoms in total. The summed E-state index contributed by atoms with van der Waals surface area (Å²) in [6.07, 6.45) is 0. The van der Waals surface area contributed by atoms with Gasteiger partial charge in [-0.15, -0.1) is 11.3 Å². The molecule has 7 heteroatoms. The second kappa shape index (κ2) is 8.95. The molecule has 3 aromatic rings. The van der Waals surface area contributed by atoms with E-state index in [1.54, 1.807) is 54.0 Å². The fourth-order valence-corrected chi connectivity index (χ4v) is 2.94. The van der Waals surface area contributed by atoms with Gasteiger partial charge in [-0.2, -0.15) is 0 Å². The van der Waals surface area contributed by atoms with Gasteiger partial charge in [-0.25, -0.2) is 4.98 Å². The summed E-state index contributed by atoms with van der Waals surface area (Å²) in [5.41, 5.74) is 4.11. The summed E-state index contributed by atoms with van der Waals surface area (Å²) in [6, 6.07) is 13.7. The average molecular weight is 381 g/mol. The number of ether oxygens (including phenoxy) is 1. The molecule has 0 radical (unpaired) electrons. The maximum absolute atomic E-state index is 12.5. The van der Waals surface area contributed by atoms with Gasteiger partial charge in [0, 0.05) is 28.7 Å². The molecule has 0 saturated carbocycles. The number of aromatic nitrogens is 1. The summed E-state index contributed by atoms with van der Waals surface area (Å²) >= 11 is 1.51. The number of nitrogens with zero attached hydrogens (tertiary/aromatic N) is 1. The van der Waals surface area contributed by atoms with Crippen LogP contribution in [0.15, 0.2) is 59.4 Å². The quantitative estimate of drug-likeness (QED) is 0.654. The monoisotopic (exact) mass is 381 g/mol. The molecule has 0 aliphatic heterocycles. The molecule has 1 heterocycles. The van der Waals surface area contributed by atoms with Gasteiger partial charge in [-0.3, -0.25) is 9.59 Å². The third-order valence-corrected chi connectivity index (χ3v) is 4.32. The summed E-state index contributed by atoms with van der Waals surface area (Å²) in [5, 5.41) is 7.46. The molecule has 0 saturated heterocycles. The molecular weight excluding hydrogens is 362 g/mol. The Kier molecular flexibility index (Phi) is 6.17. The molecule has 0 spiro atoms.